The van der Waals surface area contributed by atoms with Gasteiger partial charge in [0.05, 0.1) is 13.2 Å². The predicted molar refractivity (Wildman–Crippen MR) is 110 cm³/mol. The van der Waals surface area contributed by atoms with E-state index in [0.29, 0.717) is 24.2 Å². The van der Waals surface area contributed by atoms with Crippen LogP contribution in [0.15, 0.2) is 36.4 Å². The van der Waals surface area contributed by atoms with Crippen LogP contribution in [0, 0.1) is 6.92 Å². The van der Waals surface area contributed by atoms with Crippen molar-refractivity contribution in [3.05, 3.63) is 53.1 Å². The van der Waals surface area contributed by atoms with Gasteiger partial charge >= 0.3 is 7.82 Å². The van der Waals surface area contributed by atoms with Gasteiger partial charge in [-0.15, -0.1) is 0 Å². The summed E-state index contributed by atoms with van der Waals surface area (Å²) < 4.78 is 29.6. The second kappa shape index (κ2) is 7.32. The highest BCUT2D eigenvalue weighted by Crippen LogP contribution is 2.53. The Bertz CT molecular complexity index is 1120. The van der Waals surface area contributed by atoms with Crippen molar-refractivity contribution in [2.75, 3.05) is 13.2 Å². The third kappa shape index (κ3) is 3.14. The number of benzene rings is 3. The van der Waals surface area contributed by atoms with Crippen LogP contribution in [0.2, 0.25) is 0 Å². The summed E-state index contributed by atoms with van der Waals surface area (Å²) in [6.45, 7) is 5.89. The van der Waals surface area contributed by atoms with Crippen molar-refractivity contribution in [1.29, 1.82) is 0 Å². The van der Waals surface area contributed by atoms with Gasteiger partial charge in [-0.05, 0) is 60.5 Å². The first-order valence-electron chi connectivity index (χ1n) is 9.57. The maximum Gasteiger partial charge on any atom is 0.530 e. The van der Waals surface area contributed by atoms with E-state index in [1.165, 1.54) is 0 Å². The fourth-order valence-corrected chi connectivity index (χ4v) is 5.24. The van der Waals surface area contributed by atoms with E-state index in [0.717, 1.165) is 32.7 Å². The molecule has 0 saturated heterocycles. The zero-order valence-corrected chi connectivity index (χ0v) is 17.2. The number of ketones is 1. The lowest BCUT2D eigenvalue weighted by Crippen LogP contribution is -2.04. The topological polar surface area (TPSA) is 61.8 Å². The number of carbonyl (C=O) groups is 1. The fourth-order valence-electron chi connectivity index (χ4n) is 4.04. The number of fused-ring (bicyclic) bond motifs is 5. The number of hydrogen-bond donors (Lipinski definition) is 0. The third-order valence-corrected chi connectivity index (χ3v) is 6.65. The lowest BCUT2D eigenvalue weighted by atomic mass is 9.92. The molecule has 0 spiro atoms. The molecule has 0 N–H and O–H groups in total. The summed E-state index contributed by atoms with van der Waals surface area (Å²) in [6.07, 6.45) is 1.19. The van der Waals surface area contributed by atoms with E-state index >= 15 is 0 Å². The minimum Gasteiger partial charge on any atom is -0.403 e. The van der Waals surface area contributed by atoms with Gasteiger partial charge in [-0.3, -0.25) is 13.8 Å². The highest BCUT2D eigenvalue weighted by Gasteiger charge is 2.32. The molecule has 1 aliphatic rings. The van der Waals surface area contributed by atoms with Crippen molar-refractivity contribution in [2.24, 2.45) is 0 Å². The van der Waals surface area contributed by atoms with Crippen molar-refractivity contribution in [1.82, 2.24) is 0 Å². The summed E-state index contributed by atoms with van der Waals surface area (Å²) >= 11 is 0. The Morgan fingerprint density at radius 2 is 1.71 bits per heavy atom. The molecule has 0 amide bonds. The van der Waals surface area contributed by atoms with Gasteiger partial charge in [0.1, 0.15) is 5.75 Å². The molecule has 0 unspecified atom stereocenters. The molecule has 3 aromatic rings. The average Bonchev–Trinajstić information content (AvgIpc) is 3.02. The Balaban J connectivity index is 2.06. The zero-order valence-electron chi connectivity index (χ0n) is 16.3. The maximum absolute atomic E-state index is 13.1. The number of phosphoric acid groups is 1. The number of aryl methyl sites for hydroxylation is 2. The van der Waals surface area contributed by atoms with Crippen molar-refractivity contribution in [3.63, 3.8) is 0 Å². The van der Waals surface area contributed by atoms with Crippen molar-refractivity contribution >= 4 is 35.2 Å². The predicted octanol–water partition coefficient (Wildman–Crippen LogP) is 5.99. The largest absolute Gasteiger partial charge is 0.530 e. The van der Waals surface area contributed by atoms with E-state index in [1.54, 1.807) is 19.9 Å². The molecule has 0 bridgehead atoms. The van der Waals surface area contributed by atoms with Crippen LogP contribution in [0.3, 0.4) is 0 Å². The quantitative estimate of drug-likeness (QED) is 0.377. The van der Waals surface area contributed by atoms with E-state index in [-0.39, 0.29) is 19.0 Å². The molecule has 0 aromatic heterocycles. The van der Waals surface area contributed by atoms with Crippen LogP contribution in [0.5, 0.6) is 5.75 Å². The normalized spacial score (nSPS) is 14.0. The summed E-state index contributed by atoms with van der Waals surface area (Å²) in [5, 5.41) is 3.89. The Morgan fingerprint density at radius 3 is 2.43 bits per heavy atom. The highest BCUT2D eigenvalue weighted by molar-refractivity contribution is 7.48. The van der Waals surface area contributed by atoms with Crippen LogP contribution < -0.4 is 4.52 Å². The van der Waals surface area contributed by atoms with Crippen LogP contribution >= 0.6 is 7.82 Å². The molecule has 28 heavy (non-hydrogen) atoms. The SMILES string of the molecule is CCOP(=O)(OCC)Oc1cc2c(c3c(C)cc4ccccc4c13)CCC2=O. The molecule has 3 aromatic carbocycles. The first kappa shape index (κ1) is 19.1. The van der Waals surface area contributed by atoms with E-state index in [4.69, 9.17) is 13.6 Å². The monoisotopic (exact) mass is 398 g/mol. The van der Waals surface area contributed by atoms with Gasteiger partial charge in [0, 0.05) is 17.4 Å². The van der Waals surface area contributed by atoms with Gasteiger partial charge in [0.25, 0.3) is 0 Å². The maximum atomic E-state index is 13.1. The van der Waals surface area contributed by atoms with Crippen LogP contribution in [-0.2, 0) is 20.0 Å². The lowest BCUT2D eigenvalue weighted by Gasteiger charge is -2.21. The first-order valence-corrected chi connectivity index (χ1v) is 11.0. The van der Waals surface area contributed by atoms with Crippen LogP contribution in [0.1, 0.15) is 41.8 Å². The number of phosphoric ester groups is 1. The number of rotatable bonds is 6. The van der Waals surface area contributed by atoms with Gasteiger partial charge in [0.2, 0.25) is 0 Å². The standard InChI is InChI=1S/C22H23O5P/c1-4-25-28(24,26-5-2)27-20-13-18-17(10-11-19(18)23)21-14(3)12-15-8-6-7-9-16(15)22(20)21/h6-9,12-13H,4-5,10-11H2,1-3H3. The molecular formula is C22H23O5P. The third-order valence-electron chi connectivity index (χ3n) is 5.08. The van der Waals surface area contributed by atoms with Crippen molar-refractivity contribution < 1.29 is 22.9 Å². The molecule has 0 heterocycles. The summed E-state index contributed by atoms with van der Waals surface area (Å²) in [5.41, 5.74) is 2.74. The van der Waals surface area contributed by atoms with E-state index in [9.17, 15) is 9.36 Å². The Hall–Kier alpha value is -2.20. The second-order valence-corrected chi connectivity index (χ2v) is 8.46. The zero-order chi connectivity index (χ0) is 19.9. The summed E-state index contributed by atoms with van der Waals surface area (Å²) in [5.74, 6) is 0.450. The summed E-state index contributed by atoms with van der Waals surface area (Å²) in [6, 6.07) is 11.8. The molecule has 5 nitrogen and oxygen atoms in total. The van der Waals surface area contributed by atoms with E-state index < -0.39 is 7.82 Å². The van der Waals surface area contributed by atoms with Gasteiger partial charge in [-0.2, -0.15) is 0 Å². The summed E-state index contributed by atoms with van der Waals surface area (Å²) in [7, 11) is -3.79. The minimum absolute atomic E-state index is 0.0805. The minimum atomic E-state index is -3.79. The van der Waals surface area contributed by atoms with Gasteiger partial charge in [0.15, 0.2) is 5.78 Å². The lowest BCUT2D eigenvalue weighted by molar-refractivity contribution is 0.0994. The molecule has 0 fully saturated rings. The molecule has 6 heteroatoms. The number of Topliss-reactive ketones (excluding diaryl/α,β-unsaturated/α-hetero) is 1. The number of carbonyl (C=O) groups excluding carboxylic acids is 1. The van der Waals surface area contributed by atoms with Crippen molar-refractivity contribution in [2.45, 2.75) is 33.6 Å². The Kier molecular flexibility index (Phi) is 5.00. The molecule has 0 radical (unpaired) electrons. The molecule has 4 rings (SSSR count). The Morgan fingerprint density at radius 1 is 1.00 bits per heavy atom. The van der Waals surface area contributed by atoms with Crippen LogP contribution in [0.25, 0.3) is 21.5 Å². The molecule has 0 saturated carbocycles. The smallest absolute Gasteiger partial charge is 0.403 e. The Labute approximate surface area is 164 Å². The molecule has 146 valence electrons. The van der Waals surface area contributed by atoms with Gasteiger partial charge in [-0.1, -0.05) is 30.3 Å². The number of hydrogen-bond acceptors (Lipinski definition) is 5. The highest BCUT2D eigenvalue weighted by atomic mass is 31.2. The van der Waals surface area contributed by atoms with Crippen LogP contribution in [0.4, 0.5) is 0 Å². The van der Waals surface area contributed by atoms with Gasteiger partial charge in [-0.25, -0.2) is 4.57 Å². The first-order chi connectivity index (χ1) is 13.5. The molecule has 0 aliphatic heterocycles. The van der Waals surface area contributed by atoms with E-state index in [1.807, 2.05) is 31.2 Å². The average molecular weight is 398 g/mol. The van der Waals surface area contributed by atoms with E-state index in [2.05, 4.69) is 6.07 Å². The molecule has 0 atom stereocenters. The van der Waals surface area contributed by atoms with Crippen molar-refractivity contribution in [3.8, 4) is 5.75 Å². The molecule has 1 aliphatic carbocycles. The fraction of sp³-hybridized carbons (Fsp3) is 0.318. The second-order valence-electron chi connectivity index (χ2n) is 6.86. The summed E-state index contributed by atoms with van der Waals surface area (Å²) in [4.78, 5) is 12.5. The molecular weight excluding hydrogens is 375 g/mol. The van der Waals surface area contributed by atoms with Gasteiger partial charge < -0.3 is 4.52 Å². The van der Waals surface area contributed by atoms with Crippen LogP contribution in [-0.4, -0.2) is 19.0 Å².